The Bertz CT molecular complexity index is 243. The number of hydrogen-bond donors (Lipinski definition) is 0. The fourth-order valence-corrected chi connectivity index (χ4v) is 1.37. The Morgan fingerprint density at radius 2 is 2.31 bits per heavy atom. The smallest absolute Gasteiger partial charge is 0.133 e. The molecule has 13 heavy (non-hydrogen) atoms. The second kappa shape index (κ2) is 6.54. The first-order valence-electron chi connectivity index (χ1n) is 4.07. The summed E-state index contributed by atoms with van der Waals surface area (Å²) in [6.07, 6.45) is 0.777. The van der Waals surface area contributed by atoms with Gasteiger partial charge in [-0.3, -0.25) is 4.79 Å². The molecule has 0 aliphatic heterocycles. The Balaban J connectivity index is 0.000000671. The van der Waals surface area contributed by atoms with E-state index in [1.807, 2.05) is 12.3 Å². The van der Waals surface area contributed by atoms with Gasteiger partial charge in [0.15, 0.2) is 0 Å². The fourth-order valence-electron chi connectivity index (χ4n) is 0.796. The molecule has 0 amide bonds. The van der Waals surface area contributed by atoms with Gasteiger partial charge in [0.05, 0.1) is 11.2 Å². The van der Waals surface area contributed by atoms with E-state index in [1.54, 1.807) is 23.8 Å². The first-order chi connectivity index (χ1) is 6.20. The van der Waals surface area contributed by atoms with E-state index in [2.05, 4.69) is 18.1 Å². The quantitative estimate of drug-likeness (QED) is 0.697. The number of Topliss-reactive ketones (excluding diaryl/α,β-unsaturated/α-hetero) is 1. The van der Waals surface area contributed by atoms with E-state index in [-0.39, 0.29) is 11.7 Å². The lowest BCUT2D eigenvalue weighted by atomic mass is 10.0. The van der Waals surface area contributed by atoms with Crippen LogP contribution in [-0.2, 0) is 11.2 Å². The fraction of sp³-hybridized carbons (Fsp3) is 0.400. The van der Waals surface area contributed by atoms with E-state index in [4.69, 9.17) is 0 Å². The van der Waals surface area contributed by atoms with Crippen LogP contribution in [0.1, 0.15) is 19.5 Å². The van der Waals surface area contributed by atoms with Crippen molar-refractivity contribution in [2.75, 3.05) is 0 Å². The molecule has 0 aliphatic carbocycles. The molecular weight excluding hydrogens is 182 g/mol. The van der Waals surface area contributed by atoms with Crippen molar-refractivity contribution in [2.45, 2.75) is 20.3 Å². The molecule has 0 bridgehead atoms. The monoisotopic (exact) mass is 197 g/mol. The number of rotatable bonds is 3. The van der Waals surface area contributed by atoms with E-state index in [0.29, 0.717) is 0 Å². The van der Waals surface area contributed by atoms with Gasteiger partial charge < -0.3 is 0 Å². The Morgan fingerprint density at radius 3 is 2.69 bits per heavy atom. The number of hydrogen-bond acceptors (Lipinski definition) is 3. The summed E-state index contributed by atoms with van der Waals surface area (Å²) in [5.74, 6) is 0.343. The molecule has 0 saturated carbocycles. The van der Waals surface area contributed by atoms with Gasteiger partial charge in [-0.15, -0.1) is 24.5 Å². The SMILES string of the molecule is C=C.CC(=O)C(C)Cc1cscn1. The minimum atomic E-state index is 0.108. The molecule has 1 unspecified atom stereocenters. The molecule has 0 radical (unpaired) electrons. The van der Waals surface area contributed by atoms with Crippen molar-refractivity contribution in [3.8, 4) is 0 Å². The minimum Gasteiger partial charge on any atom is -0.300 e. The van der Waals surface area contributed by atoms with Crippen molar-refractivity contribution in [1.29, 1.82) is 0 Å². The van der Waals surface area contributed by atoms with E-state index in [0.717, 1.165) is 12.1 Å². The Morgan fingerprint density at radius 1 is 1.69 bits per heavy atom. The lowest BCUT2D eigenvalue weighted by Crippen LogP contribution is -2.09. The first kappa shape index (κ1) is 12.0. The topological polar surface area (TPSA) is 30.0 Å². The predicted octanol–water partition coefficient (Wildman–Crippen LogP) is 2.71. The van der Waals surface area contributed by atoms with Crippen molar-refractivity contribution >= 4 is 17.1 Å². The second-order valence-corrected chi connectivity index (χ2v) is 3.41. The third-order valence-electron chi connectivity index (χ3n) is 1.69. The van der Waals surface area contributed by atoms with Crippen LogP contribution in [0.5, 0.6) is 0 Å². The molecular formula is C10H15NOS. The Kier molecular flexibility index (Phi) is 6.06. The second-order valence-electron chi connectivity index (χ2n) is 2.70. The van der Waals surface area contributed by atoms with E-state index >= 15 is 0 Å². The molecule has 0 N–H and O–H groups in total. The van der Waals surface area contributed by atoms with Crippen LogP contribution in [-0.4, -0.2) is 10.8 Å². The van der Waals surface area contributed by atoms with Gasteiger partial charge in [0, 0.05) is 11.3 Å². The zero-order valence-electron chi connectivity index (χ0n) is 8.12. The zero-order chi connectivity index (χ0) is 10.3. The summed E-state index contributed by atoms with van der Waals surface area (Å²) >= 11 is 1.57. The molecule has 3 heteroatoms. The highest BCUT2D eigenvalue weighted by Gasteiger charge is 2.08. The average molecular weight is 197 g/mol. The van der Waals surface area contributed by atoms with Crippen LogP contribution in [0.15, 0.2) is 24.0 Å². The Labute approximate surface area is 83.3 Å². The van der Waals surface area contributed by atoms with Crippen molar-refractivity contribution < 1.29 is 4.79 Å². The standard InChI is InChI=1S/C8H11NOS.C2H4/c1-6(7(2)10)3-8-4-11-5-9-8;1-2/h4-6H,3H2,1-2H3;1-2H2. The highest BCUT2D eigenvalue weighted by molar-refractivity contribution is 7.07. The van der Waals surface area contributed by atoms with E-state index in [9.17, 15) is 4.79 Å². The largest absolute Gasteiger partial charge is 0.300 e. The van der Waals surface area contributed by atoms with E-state index in [1.165, 1.54) is 0 Å². The molecule has 1 atom stereocenters. The molecule has 0 aliphatic rings. The van der Waals surface area contributed by atoms with Crippen molar-refractivity contribution in [3.05, 3.63) is 29.7 Å². The summed E-state index contributed by atoms with van der Waals surface area (Å²) in [6, 6.07) is 0. The van der Waals surface area contributed by atoms with Crippen molar-refractivity contribution in [2.24, 2.45) is 5.92 Å². The number of ketones is 1. The first-order valence-corrected chi connectivity index (χ1v) is 5.02. The van der Waals surface area contributed by atoms with Crippen molar-refractivity contribution in [1.82, 2.24) is 4.98 Å². The molecule has 1 rings (SSSR count). The number of aromatic nitrogens is 1. The molecule has 2 nitrogen and oxygen atoms in total. The van der Waals surface area contributed by atoms with Crippen LogP contribution in [0.25, 0.3) is 0 Å². The summed E-state index contributed by atoms with van der Waals surface area (Å²) in [4.78, 5) is 15.0. The van der Waals surface area contributed by atoms with Crippen LogP contribution < -0.4 is 0 Å². The normalized spacial score (nSPS) is 11.2. The lowest BCUT2D eigenvalue weighted by Gasteiger charge is -2.02. The average Bonchev–Trinajstić information content (AvgIpc) is 2.60. The van der Waals surface area contributed by atoms with Crippen LogP contribution in [0.3, 0.4) is 0 Å². The minimum absolute atomic E-state index is 0.108. The molecule has 0 saturated heterocycles. The predicted molar refractivity (Wildman–Crippen MR) is 56.9 cm³/mol. The summed E-state index contributed by atoms with van der Waals surface area (Å²) < 4.78 is 0. The van der Waals surface area contributed by atoms with E-state index < -0.39 is 0 Å². The molecule has 0 fully saturated rings. The maximum Gasteiger partial charge on any atom is 0.133 e. The van der Waals surface area contributed by atoms with Crippen LogP contribution in [0.4, 0.5) is 0 Å². The zero-order valence-corrected chi connectivity index (χ0v) is 8.93. The lowest BCUT2D eigenvalue weighted by molar-refractivity contribution is -0.120. The molecule has 1 heterocycles. The molecule has 0 spiro atoms. The highest BCUT2D eigenvalue weighted by atomic mass is 32.1. The van der Waals surface area contributed by atoms with Gasteiger partial charge in [-0.2, -0.15) is 0 Å². The van der Waals surface area contributed by atoms with Gasteiger partial charge in [-0.1, -0.05) is 6.92 Å². The molecule has 1 aromatic rings. The van der Waals surface area contributed by atoms with Crippen LogP contribution >= 0.6 is 11.3 Å². The van der Waals surface area contributed by atoms with Gasteiger partial charge in [-0.05, 0) is 13.3 Å². The number of nitrogens with zero attached hydrogens (tertiary/aromatic N) is 1. The van der Waals surface area contributed by atoms with Crippen LogP contribution in [0.2, 0.25) is 0 Å². The summed E-state index contributed by atoms with van der Waals surface area (Å²) in [5.41, 5.74) is 2.82. The third-order valence-corrected chi connectivity index (χ3v) is 2.33. The van der Waals surface area contributed by atoms with Gasteiger partial charge >= 0.3 is 0 Å². The molecule has 0 aromatic carbocycles. The summed E-state index contributed by atoms with van der Waals surface area (Å²) in [7, 11) is 0. The maximum absolute atomic E-state index is 10.8. The Hall–Kier alpha value is -0.960. The van der Waals surface area contributed by atoms with Crippen molar-refractivity contribution in [3.63, 3.8) is 0 Å². The number of carbonyl (C=O) groups excluding carboxylic acids is 1. The van der Waals surface area contributed by atoms with Gasteiger partial charge in [0.25, 0.3) is 0 Å². The number of thiazole rings is 1. The van der Waals surface area contributed by atoms with Gasteiger partial charge in [0.1, 0.15) is 5.78 Å². The molecule has 72 valence electrons. The van der Waals surface area contributed by atoms with Crippen LogP contribution in [0, 0.1) is 5.92 Å². The maximum atomic E-state index is 10.8. The number of carbonyl (C=O) groups is 1. The summed E-state index contributed by atoms with van der Waals surface area (Å²) in [6.45, 7) is 9.55. The van der Waals surface area contributed by atoms with Gasteiger partial charge in [-0.25, -0.2) is 4.98 Å². The summed E-state index contributed by atoms with van der Waals surface area (Å²) in [5, 5.41) is 1.99. The third kappa shape index (κ3) is 4.58. The highest BCUT2D eigenvalue weighted by Crippen LogP contribution is 2.08. The molecule has 1 aromatic heterocycles. The van der Waals surface area contributed by atoms with Gasteiger partial charge in [0.2, 0.25) is 0 Å².